The molecular formula is C18H24N4. The monoisotopic (exact) mass is 296 g/mol. The Hall–Kier alpha value is -1.94. The van der Waals surface area contributed by atoms with E-state index in [1.54, 1.807) is 0 Å². The number of hydrogen-bond donors (Lipinski definition) is 0. The van der Waals surface area contributed by atoms with Crippen molar-refractivity contribution in [1.29, 1.82) is 0 Å². The van der Waals surface area contributed by atoms with Crippen molar-refractivity contribution in [3.63, 3.8) is 0 Å². The predicted octanol–water partition coefficient (Wildman–Crippen LogP) is 2.89. The van der Waals surface area contributed by atoms with E-state index in [0.29, 0.717) is 6.04 Å². The largest absolute Gasteiger partial charge is 0.370 e. The number of anilines is 1. The van der Waals surface area contributed by atoms with Crippen LogP contribution in [0.3, 0.4) is 0 Å². The molecule has 0 unspecified atom stereocenters. The Morgan fingerprint density at radius 1 is 1.18 bits per heavy atom. The van der Waals surface area contributed by atoms with Crippen LogP contribution in [0.5, 0.6) is 0 Å². The summed E-state index contributed by atoms with van der Waals surface area (Å²) in [6, 6.07) is 11.3. The number of aryl methyl sites for hydroxylation is 1. The molecule has 3 rings (SSSR count). The average Bonchev–Trinajstić information content (AvgIpc) is 2.58. The second-order valence-electron chi connectivity index (χ2n) is 6.14. The molecule has 0 radical (unpaired) electrons. The van der Waals surface area contributed by atoms with Gasteiger partial charge in [0, 0.05) is 43.8 Å². The van der Waals surface area contributed by atoms with Crippen molar-refractivity contribution >= 4 is 5.69 Å². The summed E-state index contributed by atoms with van der Waals surface area (Å²) < 4.78 is 0. The lowest BCUT2D eigenvalue weighted by Gasteiger charge is -2.38. The molecular weight excluding hydrogens is 272 g/mol. The predicted molar refractivity (Wildman–Crippen MR) is 89.9 cm³/mol. The van der Waals surface area contributed by atoms with Crippen molar-refractivity contribution in [2.24, 2.45) is 0 Å². The second-order valence-corrected chi connectivity index (χ2v) is 6.14. The van der Waals surface area contributed by atoms with Gasteiger partial charge < -0.3 is 4.90 Å². The summed E-state index contributed by atoms with van der Waals surface area (Å²) in [4.78, 5) is 13.7. The Bertz CT molecular complexity index is 582. The Labute approximate surface area is 132 Å². The lowest BCUT2D eigenvalue weighted by Crippen LogP contribution is -2.46. The Morgan fingerprint density at radius 2 is 2.00 bits per heavy atom. The molecule has 22 heavy (non-hydrogen) atoms. The van der Waals surface area contributed by atoms with E-state index in [2.05, 4.69) is 57.1 Å². The fourth-order valence-electron chi connectivity index (χ4n) is 3.07. The molecule has 0 aliphatic carbocycles. The highest BCUT2D eigenvalue weighted by atomic mass is 15.2. The van der Waals surface area contributed by atoms with E-state index < -0.39 is 0 Å². The van der Waals surface area contributed by atoms with Crippen molar-refractivity contribution in [3.8, 4) is 0 Å². The number of para-hydroxylation sites is 1. The SMILES string of the molecule is Cc1cnc(CN(C)[C@@H]2CCCN(c3ccccc3)C2)cn1. The molecule has 1 fully saturated rings. The van der Waals surface area contributed by atoms with Crippen LogP contribution in [0.2, 0.25) is 0 Å². The third-order valence-corrected chi connectivity index (χ3v) is 4.39. The van der Waals surface area contributed by atoms with Gasteiger partial charge in [-0.15, -0.1) is 0 Å². The summed E-state index contributed by atoms with van der Waals surface area (Å²) >= 11 is 0. The third-order valence-electron chi connectivity index (χ3n) is 4.39. The first-order valence-electron chi connectivity index (χ1n) is 8.00. The normalized spacial score (nSPS) is 18.7. The second kappa shape index (κ2) is 6.88. The van der Waals surface area contributed by atoms with Crippen molar-refractivity contribution in [3.05, 3.63) is 54.1 Å². The fourth-order valence-corrected chi connectivity index (χ4v) is 3.07. The molecule has 1 aliphatic heterocycles. The molecule has 0 spiro atoms. The molecule has 0 bridgehead atoms. The van der Waals surface area contributed by atoms with Gasteiger partial charge in [-0.1, -0.05) is 18.2 Å². The van der Waals surface area contributed by atoms with Crippen molar-refractivity contribution in [2.45, 2.75) is 32.4 Å². The zero-order valence-electron chi connectivity index (χ0n) is 13.4. The van der Waals surface area contributed by atoms with Gasteiger partial charge >= 0.3 is 0 Å². The van der Waals surface area contributed by atoms with E-state index >= 15 is 0 Å². The topological polar surface area (TPSA) is 32.3 Å². The van der Waals surface area contributed by atoms with E-state index in [-0.39, 0.29) is 0 Å². The number of aromatic nitrogens is 2. The van der Waals surface area contributed by atoms with E-state index in [4.69, 9.17) is 0 Å². The van der Waals surface area contributed by atoms with Gasteiger partial charge in [-0.25, -0.2) is 0 Å². The van der Waals surface area contributed by atoms with Crippen LogP contribution in [0.4, 0.5) is 5.69 Å². The molecule has 4 nitrogen and oxygen atoms in total. The smallest absolute Gasteiger partial charge is 0.0727 e. The highest BCUT2D eigenvalue weighted by Crippen LogP contribution is 2.22. The summed E-state index contributed by atoms with van der Waals surface area (Å²) in [5.74, 6) is 0. The van der Waals surface area contributed by atoms with Gasteiger partial charge in [0.1, 0.15) is 0 Å². The summed E-state index contributed by atoms with van der Waals surface area (Å²) in [6.45, 7) is 5.07. The zero-order chi connectivity index (χ0) is 15.4. The van der Waals surface area contributed by atoms with Crippen LogP contribution >= 0.6 is 0 Å². The van der Waals surface area contributed by atoms with Crippen molar-refractivity contribution in [1.82, 2.24) is 14.9 Å². The quantitative estimate of drug-likeness (QED) is 0.868. The minimum atomic E-state index is 0.567. The van der Waals surface area contributed by atoms with Crippen LogP contribution in [0, 0.1) is 6.92 Å². The fraction of sp³-hybridized carbons (Fsp3) is 0.444. The zero-order valence-corrected chi connectivity index (χ0v) is 13.4. The van der Waals surface area contributed by atoms with Crippen molar-refractivity contribution < 1.29 is 0 Å². The van der Waals surface area contributed by atoms with Gasteiger partial charge in [0.25, 0.3) is 0 Å². The molecule has 1 aliphatic rings. The number of rotatable bonds is 4. The maximum absolute atomic E-state index is 4.47. The summed E-state index contributed by atoms with van der Waals surface area (Å²) in [7, 11) is 2.20. The molecule has 0 saturated carbocycles. The molecule has 2 heterocycles. The maximum Gasteiger partial charge on any atom is 0.0727 e. The number of likely N-dealkylation sites (N-methyl/N-ethyl adjacent to an activating group) is 1. The summed E-state index contributed by atoms with van der Waals surface area (Å²) in [5.41, 5.74) is 3.35. The molecule has 116 valence electrons. The van der Waals surface area contributed by atoms with Gasteiger partial charge in [0.15, 0.2) is 0 Å². The highest BCUT2D eigenvalue weighted by Gasteiger charge is 2.23. The van der Waals surface area contributed by atoms with Crippen LogP contribution in [-0.2, 0) is 6.54 Å². The summed E-state index contributed by atoms with van der Waals surface area (Å²) in [6.07, 6.45) is 6.23. The molecule has 2 aromatic rings. The molecule has 1 aromatic carbocycles. The molecule has 4 heteroatoms. The van der Waals surface area contributed by atoms with Crippen molar-refractivity contribution in [2.75, 3.05) is 25.0 Å². The van der Waals surface area contributed by atoms with E-state index in [9.17, 15) is 0 Å². The minimum absolute atomic E-state index is 0.567. The van der Waals surface area contributed by atoms with Gasteiger partial charge in [0.05, 0.1) is 11.4 Å². The van der Waals surface area contributed by atoms with Crippen LogP contribution in [0.25, 0.3) is 0 Å². The van der Waals surface area contributed by atoms with Gasteiger partial charge in [-0.3, -0.25) is 14.9 Å². The first-order valence-corrected chi connectivity index (χ1v) is 8.00. The Balaban J connectivity index is 1.62. The molecule has 1 saturated heterocycles. The van der Waals surface area contributed by atoms with Gasteiger partial charge in [-0.05, 0) is 38.9 Å². The molecule has 0 amide bonds. The van der Waals surface area contributed by atoms with Crippen LogP contribution in [0.1, 0.15) is 24.2 Å². The first-order chi connectivity index (χ1) is 10.7. The number of nitrogens with zero attached hydrogens (tertiary/aromatic N) is 4. The molecule has 1 atom stereocenters. The molecule has 0 N–H and O–H groups in total. The van der Waals surface area contributed by atoms with Crippen LogP contribution in [-0.4, -0.2) is 41.0 Å². The maximum atomic E-state index is 4.47. The van der Waals surface area contributed by atoms with Gasteiger partial charge in [0.2, 0.25) is 0 Å². The average molecular weight is 296 g/mol. The van der Waals surface area contributed by atoms with Crippen LogP contribution < -0.4 is 4.90 Å². The lowest BCUT2D eigenvalue weighted by molar-refractivity contribution is 0.205. The van der Waals surface area contributed by atoms with Gasteiger partial charge in [-0.2, -0.15) is 0 Å². The third kappa shape index (κ3) is 3.63. The number of hydrogen-bond acceptors (Lipinski definition) is 4. The standard InChI is InChI=1S/C18H24N4/c1-15-11-20-16(12-19-15)13-21(2)18-9-6-10-22(14-18)17-7-4-3-5-8-17/h3-5,7-8,11-12,18H,6,9-10,13-14H2,1-2H3/t18-/m1/s1. The van der Waals surface area contributed by atoms with E-state index in [1.807, 2.05) is 19.3 Å². The Morgan fingerprint density at radius 3 is 2.73 bits per heavy atom. The lowest BCUT2D eigenvalue weighted by atomic mass is 10.0. The first kappa shape index (κ1) is 15.0. The number of piperidine rings is 1. The minimum Gasteiger partial charge on any atom is -0.370 e. The summed E-state index contributed by atoms with van der Waals surface area (Å²) in [5, 5.41) is 0. The molecule has 1 aromatic heterocycles. The van der Waals surface area contributed by atoms with E-state index in [1.165, 1.54) is 18.5 Å². The Kier molecular flexibility index (Phi) is 4.68. The highest BCUT2D eigenvalue weighted by molar-refractivity contribution is 5.46. The van der Waals surface area contributed by atoms with E-state index in [0.717, 1.165) is 31.0 Å². The van der Waals surface area contributed by atoms with Crippen LogP contribution in [0.15, 0.2) is 42.7 Å². The number of benzene rings is 1.